The van der Waals surface area contributed by atoms with Gasteiger partial charge in [0.05, 0.1) is 0 Å². The molecule has 0 aliphatic carbocycles. The second kappa shape index (κ2) is 11.1. The highest BCUT2D eigenvalue weighted by atomic mass is 16.5. The molecule has 42 heavy (non-hydrogen) atoms. The molecule has 4 N–H and O–H groups in total. The van der Waals surface area contributed by atoms with Crippen molar-refractivity contribution in [2.24, 2.45) is 5.73 Å². The van der Waals surface area contributed by atoms with Crippen LogP contribution in [0.15, 0.2) is 36.4 Å². The van der Waals surface area contributed by atoms with Crippen molar-refractivity contribution in [2.45, 2.75) is 135 Å². The summed E-state index contributed by atoms with van der Waals surface area (Å²) in [6.07, 6.45) is 1.29. The van der Waals surface area contributed by atoms with Gasteiger partial charge in [0, 0.05) is 35.8 Å². The van der Waals surface area contributed by atoms with Crippen LogP contribution in [0.2, 0.25) is 0 Å². The number of hydrogen-bond donors (Lipinski definition) is 3. The van der Waals surface area contributed by atoms with Gasteiger partial charge >= 0.3 is 12.0 Å². The summed E-state index contributed by atoms with van der Waals surface area (Å²) in [4.78, 5) is 27.3. The topological polar surface area (TPSA) is 113 Å². The van der Waals surface area contributed by atoms with E-state index in [1.165, 1.54) is 0 Å². The van der Waals surface area contributed by atoms with Crippen LogP contribution < -0.4 is 5.73 Å². The number of esters is 1. The van der Waals surface area contributed by atoms with Gasteiger partial charge in [0.25, 0.3) is 0 Å². The number of phenolic OH excluding ortho intramolecular Hbond substituents is 2. The molecule has 0 bridgehead atoms. The Morgan fingerprint density at radius 1 is 0.833 bits per heavy atom. The number of nitrogens with two attached hydrogens (primary N) is 1. The first-order chi connectivity index (χ1) is 19.0. The summed E-state index contributed by atoms with van der Waals surface area (Å²) >= 11 is 0. The molecule has 232 valence electrons. The molecule has 0 aromatic heterocycles. The Labute approximate surface area is 252 Å². The normalized spacial score (nSPS) is 17.6. The minimum atomic E-state index is -0.617. The summed E-state index contributed by atoms with van der Waals surface area (Å²) < 4.78 is 6.05. The average Bonchev–Trinajstić information content (AvgIpc) is 2.79. The Hall–Kier alpha value is -3.22. The number of ether oxygens (including phenoxy) is 1. The monoisotopic (exact) mass is 580 g/mol. The molecule has 0 spiro atoms. The molecular formula is C35H52N2O5. The summed E-state index contributed by atoms with van der Waals surface area (Å²) in [6, 6.07) is 10.9. The fourth-order valence-electron chi connectivity index (χ4n) is 6.88. The highest BCUT2D eigenvalue weighted by molar-refractivity contribution is 5.74. The van der Waals surface area contributed by atoms with Crippen molar-refractivity contribution in [3.63, 3.8) is 0 Å². The van der Waals surface area contributed by atoms with E-state index in [2.05, 4.69) is 48.5 Å². The second-order valence-corrected chi connectivity index (χ2v) is 15.6. The average molecular weight is 581 g/mol. The van der Waals surface area contributed by atoms with Crippen LogP contribution in [0, 0.1) is 0 Å². The zero-order valence-corrected chi connectivity index (χ0v) is 27.5. The van der Waals surface area contributed by atoms with E-state index >= 15 is 0 Å². The first-order valence-electron chi connectivity index (χ1n) is 15.0. The number of phenols is 2. The summed E-state index contributed by atoms with van der Waals surface area (Å²) in [5, 5.41) is 21.4. The van der Waals surface area contributed by atoms with Gasteiger partial charge in [0.2, 0.25) is 0 Å². The van der Waals surface area contributed by atoms with Gasteiger partial charge in [-0.15, -0.1) is 0 Å². The highest BCUT2D eigenvalue weighted by Gasteiger charge is 2.48. The third-order valence-corrected chi connectivity index (χ3v) is 8.90. The summed E-state index contributed by atoms with van der Waals surface area (Å²) in [5.74, 6) is 0.179. The first kappa shape index (κ1) is 33.3. The Bertz CT molecular complexity index is 1250. The molecule has 0 saturated carbocycles. The molecule has 1 aliphatic rings. The predicted molar refractivity (Wildman–Crippen MR) is 168 cm³/mol. The number of rotatable bonds is 6. The molecule has 1 saturated heterocycles. The van der Waals surface area contributed by atoms with Crippen molar-refractivity contribution in [2.75, 3.05) is 0 Å². The Morgan fingerprint density at radius 2 is 1.24 bits per heavy atom. The van der Waals surface area contributed by atoms with E-state index in [1.54, 1.807) is 17.0 Å². The maximum Gasteiger partial charge on any atom is 0.315 e. The molecule has 0 unspecified atom stereocenters. The van der Waals surface area contributed by atoms with Gasteiger partial charge in [0.1, 0.15) is 17.6 Å². The number of benzene rings is 2. The van der Waals surface area contributed by atoms with Crippen LogP contribution in [0.4, 0.5) is 4.79 Å². The minimum absolute atomic E-state index is 0.171. The molecule has 0 radical (unpaired) electrons. The molecule has 1 aliphatic heterocycles. The third kappa shape index (κ3) is 6.87. The van der Waals surface area contributed by atoms with Gasteiger partial charge in [-0.25, -0.2) is 4.79 Å². The molecule has 2 aromatic rings. The SMILES string of the molecule is CC(C)(C)c1cc(C(C)(CCC(=O)OC2CC(C)(C)N(C(N)=O)C(C)(C)C2)c2ccc(O)c(C(C)(C)C)c2)ccc1O. The smallest absolute Gasteiger partial charge is 0.315 e. The molecule has 1 heterocycles. The fraction of sp³-hybridized carbons (Fsp3) is 0.600. The quantitative estimate of drug-likeness (QED) is 0.308. The van der Waals surface area contributed by atoms with E-state index in [9.17, 15) is 19.8 Å². The largest absolute Gasteiger partial charge is 0.508 e. The van der Waals surface area contributed by atoms with Crippen LogP contribution >= 0.6 is 0 Å². The molecule has 2 amide bonds. The number of amides is 2. The van der Waals surface area contributed by atoms with Gasteiger partial charge in [-0.1, -0.05) is 72.7 Å². The molecule has 3 rings (SSSR count). The number of carbonyl (C=O) groups is 2. The molecule has 7 nitrogen and oxygen atoms in total. The van der Waals surface area contributed by atoms with Crippen LogP contribution in [0.1, 0.15) is 124 Å². The Kier molecular flexibility index (Phi) is 8.82. The van der Waals surface area contributed by atoms with Gasteiger partial charge in [-0.05, 0) is 79.3 Å². The standard InChI is InChI=1S/C35H52N2O5/c1-31(2,3)25-18-22(12-14-27(25)38)35(11,23-13-15-28(39)26(19-23)32(4,5)6)17-16-29(40)42-24-20-33(7,8)37(30(36)41)34(9,10)21-24/h12-15,18-19,24,38-39H,16-17,20-21H2,1-11H3,(H2,36,41). The number of carbonyl (C=O) groups excluding carboxylic acids is 2. The number of aromatic hydroxyl groups is 2. The number of nitrogens with zero attached hydrogens (tertiary/aromatic N) is 1. The fourth-order valence-corrected chi connectivity index (χ4v) is 6.88. The van der Waals surface area contributed by atoms with Crippen molar-refractivity contribution in [3.05, 3.63) is 58.7 Å². The zero-order valence-electron chi connectivity index (χ0n) is 27.5. The van der Waals surface area contributed by atoms with Crippen LogP contribution in [0.25, 0.3) is 0 Å². The summed E-state index contributed by atoms with van der Waals surface area (Å²) in [7, 11) is 0. The van der Waals surface area contributed by atoms with Crippen LogP contribution in [0.5, 0.6) is 11.5 Å². The minimum Gasteiger partial charge on any atom is -0.508 e. The van der Waals surface area contributed by atoms with Gasteiger partial charge < -0.3 is 25.6 Å². The lowest BCUT2D eigenvalue weighted by atomic mass is 9.70. The van der Waals surface area contributed by atoms with Crippen molar-refractivity contribution in [1.29, 1.82) is 0 Å². The number of likely N-dealkylation sites (tertiary alicyclic amines) is 1. The zero-order chi connectivity index (χ0) is 32.1. The lowest BCUT2D eigenvalue weighted by Crippen LogP contribution is -2.65. The number of piperidine rings is 1. The lowest BCUT2D eigenvalue weighted by Gasteiger charge is -2.53. The van der Waals surface area contributed by atoms with Crippen LogP contribution in [-0.4, -0.2) is 44.3 Å². The molecule has 7 heteroatoms. The molecule has 2 aromatic carbocycles. The Balaban J connectivity index is 1.97. The second-order valence-electron chi connectivity index (χ2n) is 15.6. The van der Waals surface area contributed by atoms with E-state index in [4.69, 9.17) is 10.5 Å². The number of hydrogen-bond acceptors (Lipinski definition) is 5. The maximum atomic E-state index is 13.4. The van der Waals surface area contributed by atoms with E-state index < -0.39 is 22.5 Å². The van der Waals surface area contributed by atoms with Gasteiger partial charge in [0.15, 0.2) is 0 Å². The molecular weight excluding hydrogens is 528 g/mol. The molecule has 0 atom stereocenters. The number of primary amides is 1. The summed E-state index contributed by atoms with van der Waals surface area (Å²) in [6.45, 7) is 22.3. The van der Waals surface area contributed by atoms with E-state index in [0.717, 1.165) is 22.3 Å². The third-order valence-electron chi connectivity index (χ3n) is 8.90. The molecule has 1 fully saturated rings. The van der Waals surface area contributed by atoms with Gasteiger partial charge in [-0.2, -0.15) is 0 Å². The van der Waals surface area contributed by atoms with E-state index in [0.29, 0.717) is 19.3 Å². The van der Waals surface area contributed by atoms with Gasteiger partial charge in [-0.3, -0.25) is 4.79 Å². The summed E-state index contributed by atoms with van der Waals surface area (Å²) in [5.41, 5.74) is 7.01. The van der Waals surface area contributed by atoms with Crippen molar-refractivity contribution < 1.29 is 24.5 Å². The van der Waals surface area contributed by atoms with Crippen molar-refractivity contribution >= 4 is 12.0 Å². The highest BCUT2D eigenvalue weighted by Crippen LogP contribution is 2.44. The maximum absolute atomic E-state index is 13.4. The van der Waals surface area contributed by atoms with E-state index in [1.807, 2.05) is 52.0 Å². The van der Waals surface area contributed by atoms with E-state index in [-0.39, 0.29) is 40.8 Å². The van der Waals surface area contributed by atoms with Crippen LogP contribution in [-0.2, 0) is 25.8 Å². The van der Waals surface area contributed by atoms with Crippen molar-refractivity contribution in [3.8, 4) is 11.5 Å². The van der Waals surface area contributed by atoms with Crippen LogP contribution in [0.3, 0.4) is 0 Å². The Morgan fingerprint density at radius 3 is 1.60 bits per heavy atom. The van der Waals surface area contributed by atoms with Crippen molar-refractivity contribution in [1.82, 2.24) is 4.90 Å². The first-order valence-corrected chi connectivity index (χ1v) is 15.0. The predicted octanol–water partition coefficient (Wildman–Crippen LogP) is 7.42. The lowest BCUT2D eigenvalue weighted by molar-refractivity contribution is -0.157. The number of urea groups is 1.